The molecule has 17 heavy (non-hydrogen) atoms. The van der Waals surface area contributed by atoms with Crippen molar-refractivity contribution in [1.29, 1.82) is 0 Å². The van der Waals surface area contributed by atoms with Crippen LogP contribution in [0.25, 0.3) is 10.8 Å². The second kappa shape index (κ2) is 6.28. The predicted octanol–water partition coefficient (Wildman–Crippen LogP) is 3.10. The van der Waals surface area contributed by atoms with E-state index in [1.165, 1.54) is 0 Å². The molecule has 0 saturated carbocycles. The van der Waals surface area contributed by atoms with E-state index in [-0.39, 0.29) is 0 Å². The van der Waals surface area contributed by atoms with Gasteiger partial charge in [-0.3, -0.25) is 0 Å². The lowest BCUT2D eigenvalue weighted by Gasteiger charge is -1.97. The minimum atomic E-state index is 0.602. The van der Waals surface area contributed by atoms with Crippen molar-refractivity contribution < 1.29 is 4.42 Å². The third-order valence-corrected chi connectivity index (χ3v) is 4.10. The van der Waals surface area contributed by atoms with Crippen molar-refractivity contribution in [1.82, 2.24) is 15.5 Å². The fraction of sp³-hybridized carbons (Fsp3) is 0.455. The summed E-state index contributed by atoms with van der Waals surface area (Å²) in [6.45, 7) is 4.08. The van der Waals surface area contributed by atoms with Crippen LogP contribution < -0.4 is 5.32 Å². The monoisotopic (exact) mass is 315 g/mol. The van der Waals surface area contributed by atoms with E-state index in [4.69, 9.17) is 4.42 Å². The molecular formula is C11H14BrN3OS. The van der Waals surface area contributed by atoms with E-state index in [0.29, 0.717) is 11.8 Å². The lowest BCUT2D eigenvalue weighted by atomic mass is 10.3. The van der Waals surface area contributed by atoms with E-state index >= 15 is 0 Å². The lowest BCUT2D eigenvalue weighted by Crippen LogP contribution is -2.14. The number of nitrogens with zero attached hydrogens (tertiary/aromatic N) is 2. The van der Waals surface area contributed by atoms with Crippen LogP contribution in [0.1, 0.15) is 19.2 Å². The molecule has 0 spiro atoms. The van der Waals surface area contributed by atoms with Crippen LogP contribution in [0.15, 0.2) is 20.3 Å². The Morgan fingerprint density at radius 3 is 3.06 bits per heavy atom. The Labute approximate surface area is 113 Å². The Balaban J connectivity index is 1.95. The third-order valence-electron chi connectivity index (χ3n) is 2.27. The zero-order valence-electron chi connectivity index (χ0n) is 9.57. The molecule has 92 valence electrons. The van der Waals surface area contributed by atoms with E-state index in [9.17, 15) is 0 Å². The summed E-state index contributed by atoms with van der Waals surface area (Å²) in [5.74, 6) is 1.31. The van der Waals surface area contributed by atoms with E-state index in [0.717, 1.165) is 35.3 Å². The summed E-state index contributed by atoms with van der Waals surface area (Å²) in [6, 6.07) is 1.98. The molecule has 0 bridgehead atoms. The first kappa shape index (κ1) is 12.7. The molecule has 2 aromatic rings. The maximum Gasteiger partial charge on any atom is 0.258 e. The molecule has 0 saturated heterocycles. The molecule has 4 nitrogen and oxygen atoms in total. The lowest BCUT2D eigenvalue weighted by molar-refractivity contribution is 0.493. The molecule has 0 atom stereocenters. The van der Waals surface area contributed by atoms with E-state index in [2.05, 4.69) is 38.4 Å². The molecule has 1 N–H and O–H groups in total. The molecule has 0 radical (unpaired) electrons. The molecule has 2 rings (SSSR count). The zero-order chi connectivity index (χ0) is 12.1. The predicted molar refractivity (Wildman–Crippen MR) is 72.2 cm³/mol. The molecule has 0 amide bonds. The van der Waals surface area contributed by atoms with Crippen LogP contribution in [0.4, 0.5) is 0 Å². The Morgan fingerprint density at radius 1 is 1.47 bits per heavy atom. The van der Waals surface area contributed by atoms with Crippen LogP contribution in [0, 0.1) is 0 Å². The van der Waals surface area contributed by atoms with Gasteiger partial charge in [-0.1, -0.05) is 6.92 Å². The van der Waals surface area contributed by atoms with Gasteiger partial charge in [0.05, 0.1) is 0 Å². The van der Waals surface area contributed by atoms with Gasteiger partial charge in [-0.2, -0.15) is 0 Å². The number of thiophene rings is 1. The minimum absolute atomic E-state index is 0.602. The van der Waals surface area contributed by atoms with Crippen LogP contribution in [0.3, 0.4) is 0 Å². The third kappa shape index (κ3) is 3.37. The topological polar surface area (TPSA) is 51.0 Å². The largest absolute Gasteiger partial charge is 0.420 e. The second-order valence-corrected chi connectivity index (χ2v) is 5.33. The van der Waals surface area contributed by atoms with Crippen molar-refractivity contribution >= 4 is 27.3 Å². The molecule has 0 aliphatic rings. The number of hydrogen-bond acceptors (Lipinski definition) is 5. The van der Waals surface area contributed by atoms with Crippen molar-refractivity contribution in [2.24, 2.45) is 0 Å². The van der Waals surface area contributed by atoms with Gasteiger partial charge in [0.2, 0.25) is 5.89 Å². The molecule has 0 aliphatic heterocycles. The van der Waals surface area contributed by atoms with Gasteiger partial charge in [0.1, 0.15) is 4.88 Å². The smallest absolute Gasteiger partial charge is 0.258 e. The highest BCUT2D eigenvalue weighted by atomic mass is 79.9. The quantitative estimate of drug-likeness (QED) is 0.832. The van der Waals surface area contributed by atoms with Crippen LogP contribution in [-0.4, -0.2) is 23.3 Å². The highest BCUT2D eigenvalue weighted by Crippen LogP contribution is 2.32. The van der Waals surface area contributed by atoms with E-state index < -0.39 is 0 Å². The Kier molecular flexibility index (Phi) is 4.70. The maximum atomic E-state index is 5.62. The van der Waals surface area contributed by atoms with Gasteiger partial charge in [0, 0.05) is 10.9 Å². The van der Waals surface area contributed by atoms with Crippen molar-refractivity contribution in [3.05, 3.63) is 21.8 Å². The summed E-state index contributed by atoms with van der Waals surface area (Å²) >= 11 is 5.05. The number of aromatic nitrogens is 2. The number of hydrogen-bond donors (Lipinski definition) is 1. The summed E-state index contributed by atoms with van der Waals surface area (Å²) in [5, 5.41) is 13.4. The standard InChI is InChI=1S/C11H14BrN3OS/c1-2-13-6-3-4-9-14-15-11(16-9)10-8(12)5-7-17-10/h5,7,13H,2-4,6H2,1H3. The first-order valence-electron chi connectivity index (χ1n) is 5.57. The summed E-state index contributed by atoms with van der Waals surface area (Å²) in [5.41, 5.74) is 0. The SMILES string of the molecule is CCNCCCc1nnc(-c2sccc2Br)o1. The van der Waals surface area contributed by atoms with Crippen molar-refractivity contribution in [3.8, 4) is 10.8 Å². The Hall–Kier alpha value is -0.720. The van der Waals surface area contributed by atoms with Crippen LogP contribution in [0.2, 0.25) is 0 Å². The van der Waals surface area contributed by atoms with E-state index in [1.54, 1.807) is 11.3 Å². The highest BCUT2D eigenvalue weighted by Gasteiger charge is 2.12. The van der Waals surface area contributed by atoms with Crippen molar-refractivity contribution in [3.63, 3.8) is 0 Å². The number of rotatable bonds is 6. The molecule has 0 fully saturated rings. The zero-order valence-corrected chi connectivity index (χ0v) is 12.0. The van der Waals surface area contributed by atoms with E-state index in [1.807, 2.05) is 11.4 Å². The maximum absolute atomic E-state index is 5.62. The molecular weight excluding hydrogens is 302 g/mol. The first-order chi connectivity index (χ1) is 8.31. The average Bonchev–Trinajstić information content (AvgIpc) is 2.93. The normalized spacial score (nSPS) is 10.9. The number of aryl methyl sites for hydroxylation is 1. The summed E-state index contributed by atoms with van der Waals surface area (Å²) in [4.78, 5) is 0.996. The van der Waals surface area contributed by atoms with Crippen LogP contribution in [0.5, 0.6) is 0 Å². The minimum Gasteiger partial charge on any atom is -0.420 e. The average molecular weight is 316 g/mol. The first-order valence-corrected chi connectivity index (χ1v) is 7.25. The number of nitrogens with one attached hydrogen (secondary N) is 1. The second-order valence-electron chi connectivity index (χ2n) is 3.56. The summed E-state index contributed by atoms with van der Waals surface area (Å²) in [6.07, 6.45) is 1.84. The van der Waals surface area contributed by atoms with Gasteiger partial charge in [-0.15, -0.1) is 21.5 Å². The fourth-order valence-electron chi connectivity index (χ4n) is 1.43. The number of halogens is 1. The molecule has 0 aliphatic carbocycles. The Morgan fingerprint density at radius 2 is 2.35 bits per heavy atom. The highest BCUT2D eigenvalue weighted by molar-refractivity contribution is 9.10. The summed E-state index contributed by atoms with van der Waals surface area (Å²) < 4.78 is 6.62. The fourth-order valence-corrected chi connectivity index (χ4v) is 2.90. The molecule has 2 aromatic heterocycles. The van der Waals surface area contributed by atoms with Crippen LogP contribution >= 0.6 is 27.3 Å². The van der Waals surface area contributed by atoms with Gasteiger partial charge in [0.25, 0.3) is 5.89 Å². The molecule has 2 heterocycles. The molecule has 0 aromatic carbocycles. The van der Waals surface area contributed by atoms with Gasteiger partial charge in [-0.25, -0.2) is 0 Å². The van der Waals surface area contributed by atoms with Crippen molar-refractivity contribution in [2.75, 3.05) is 13.1 Å². The van der Waals surface area contributed by atoms with Crippen molar-refractivity contribution in [2.45, 2.75) is 19.8 Å². The van der Waals surface area contributed by atoms with Gasteiger partial charge >= 0.3 is 0 Å². The Bertz CT molecular complexity index is 469. The van der Waals surface area contributed by atoms with Crippen LogP contribution in [-0.2, 0) is 6.42 Å². The molecule has 0 unspecified atom stereocenters. The van der Waals surface area contributed by atoms with Gasteiger partial charge in [0.15, 0.2) is 0 Å². The van der Waals surface area contributed by atoms with Gasteiger partial charge in [-0.05, 0) is 46.9 Å². The summed E-state index contributed by atoms with van der Waals surface area (Å²) in [7, 11) is 0. The van der Waals surface area contributed by atoms with Gasteiger partial charge < -0.3 is 9.73 Å². The molecule has 6 heteroatoms.